The average Bonchev–Trinajstić information content (AvgIpc) is 3.05. The van der Waals surface area contributed by atoms with Crippen molar-refractivity contribution in [2.45, 2.75) is 13.0 Å². The van der Waals surface area contributed by atoms with Crippen LogP contribution in [0.3, 0.4) is 0 Å². The van der Waals surface area contributed by atoms with Crippen molar-refractivity contribution in [3.63, 3.8) is 0 Å². The van der Waals surface area contributed by atoms with Gasteiger partial charge in [-0.05, 0) is 0 Å². The molecule has 106 valence electrons. The first-order chi connectivity index (χ1) is 10.2. The van der Waals surface area contributed by atoms with Crippen LogP contribution in [0.15, 0.2) is 30.5 Å². The molecule has 6 nitrogen and oxygen atoms in total. The zero-order chi connectivity index (χ0) is 14.4. The first-order valence-corrected chi connectivity index (χ1v) is 7.49. The molecule has 0 spiro atoms. The maximum absolute atomic E-state index is 10.9. The molecule has 2 aromatic heterocycles. The van der Waals surface area contributed by atoms with E-state index in [9.17, 15) is 10.1 Å². The van der Waals surface area contributed by atoms with Gasteiger partial charge in [0, 0.05) is 54.0 Å². The van der Waals surface area contributed by atoms with Crippen molar-refractivity contribution >= 4 is 22.0 Å². The number of nitro benzene ring substituents is 1. The van der Waals surface area contributed by atoms with Crippen molar-refractivity contribution in [1.29, 1.82) is 0 Å². The molecule has 3 heterocycles. The number of aromatic nitrogens is 2. The van der Waals surface area contributed by atoms with Gasteiger partial charge in [-0.1, -0.05) is 23.5 Å². The minimum absolute atomic E-state index is 0.0927. The molecule has 0 amide bonds. The van der Waals surface area contributed by atoms with E-state index in [0.29, 0.717) is 0 Å². The van der Waals surface area contributed by atoms with Gasteiger partial charge in [0.25, 0.3) is 5.69 Å². The number of hydrogen-bond acceptors (Lipinski definition) is 5. The lowest BCUT2D eigenvalue weighted by molar-refractivity contribution is -0.384. The van der Waals surface area contributed by atoms with Gasteiger partial charge in [0.2, 0.25) is 0 Å². The van der Waals surface area contributed by atoms with Crippen molar-refractivity contribution in [1.82, 2.24) is 14.7 Å². The zero-order valence-electron chi connectivity index (χ0n) is 11.1. The molecule has 4 rings (SSSR count). The van der Waals surface area contributed by atoms with Crippen LogP contribution in [0.4, 0.5) is 5.69 Å². The molecule has 21 heavy (non-hydrogen) atoms. The number of hydrogen-bond donors (Lipinski definition) is 1. The summed E-state index contributed by atoms with van der Waals surface area (Å²) in [5, 5.41) is 14.2. The van der Waals surface area contributed by atoms with Crippen LogP contribution in [0.1, 0.15) is 10.6 Å². The van der Waals surface area contributed by atoms with Crippen LogP contribution >= 0.6 is 11.3 Å². The number of non-ortho nitro benzene ring substituents is 1. The van der Waals surface area contributed by atoms with E-state index in [1.165, 1.54) is 16.6 Å². The summed E-state index contributed by atoms with van der Waals surface area (Å²) in [5.41, 5.74) is 2.96. The maximum atomic E-state index is 10.9. The molecule has 0 saturated heterocycles. The number of nitro groups is 1. The molecular weight excluding hydrogens is 288 g/mol. The largest absolute Gasteiger partial charge is 0.311 e. The van der Waals surface area contributed by atoms with E-state index in [-0.39, 0.29) is 10.6 Å². The molecule has 7 heteroatoms. The molecule has 1 N–H and O–H groups in total. The van der Waals surface area contributed by atoms with Crippen LogP contribution in [-0.4, -0.2) is 20.9 Å². The van der Waals surface area contributed by atoms with Gasteiger partial charge < -0.3 is 5.32 Å². The predicted octanol–water partition coefficient (Wildman–Crippen LogP) is 2.62. The summed E-state index contributed by atoms with van der Waals surface area (Å²) in [4.78, 5) is 17.4. The Morgan fingerprint density at radius 3 is 3.19 bits per heavy atom. The van der Waals surface area contributed by atoms with Crippen LogP contribution < -0.4 is 5.32 Å². The molecule has 0 radical (unpaired) electrons. The Balaban J connectivity index is 1.82. The second-order valence-electron chi connectivity index (χ2n) is 4.98. The Morgan fingerprint density at radius 2 is 2.33 bits per heavy atom. The smallest absolute Gasteiger partial charge is 0.270 e. The van der Waals surface area contributed by atoms with Gasteiger partial charge in [-0.25, -0.2) is 4.98 Å². The lowest BCUT2D eigenvalue weighted by Gasteiger charge is -2.11. The van der Waals surface area contributed by atoms with Gasteiger partial charge in [-0.2, -0.15) is 0 Å². The summed E-state index contributed by atoms with van der Waals surface area (Å²) in [6.45, 7) is 1.87. The van der Waals surface area contributed by atoms with Crippen LogP contribution in [-0.2, 0) is 13.0 Å². The molecule has 0 saturated carbocycles. The number of fused-ring (bicyclic) bond motifs is 3. The van der Waals surface area contributed by atoms with Gasteiger partial charge in [0.05, 0.1) is 10.6 Å². The standard InChI is InChI=1S/C14H12N4O2S/c19-18(20)10-3-1-2-9(6-10)11-8-17-12-4-5-15-7-13(12)21-14(17)16-11/h1-3,6,8,15H,4-5,7H2. The van der Waals surface area contributed by atoms with E-state index < -0.39 is 0 Å². The van der Waals surface area contributed by atoms with Crippen molar-refractivity contribution in [3.05, 3.63) is 51.1 Å². The van der Waals surface area contributed by atoms with Gasteiger partial charge in [0.15, 0.2) is 4.96 Å². The second kappa shape index (κ2) is 4.64. The summed E-state index contributed by atoms with van der Waals surface area (Å²) >= 11 is 1.68. The highest BCUT2D eigenvalue weighted by Crippen LogP contribution is 2.30. The molecule has 0 atom stereocenters. The highest BCUT2D eigenvalue weighted by atomic mass is 32.1. The number of rotatable bonds is 2. The zero-order valence-corrected chi connectivity index (χ0v) is 11.9. The minimum Gasteiger partial charge on any atom is -0.311 e. The number of benzene rings is 1. The van der Waals surface area contributed by atoms with Gasteiger partial charge in [-0.15, -0.1) is 0 Å². The molecule has 0 unspecified atom stereocenters. The summed E-state index contributed by atoms with van der Waals surface area (Å²) in [6, 6.07) is 6.61. The fraction of sp³-hybridized carbons (Fsp3) is 0.214. The quantitative estimate of drug-likeness (QED) is 0.583. The third-order valence-electron chi connectivity index (χ3n) is 3.68. The molecule has 1 aliphatic heterocycles. The first kappa shape index (κ1) is 12.5. The molecule has 3 aromatic rings. The van der Waals surface area contributed by atoms with E-state index in [1.54, 1.807) is 23.5 Å². The van der Waals surface area contributed by atoms with E-state index in [4.69, 9.17) is 0 Å². The molecule has 1 aromatic carbocycles. The predicted molar refractivity (Wildman–Crippen MR) is 80.6 cm³/mol. The fourth-order valence-electron chi connectivity index (χ4n) is 2.66. The molecule has 0 fully saturated rings. The Labute approximate surface area is 124 Å². The third-order valence-corrected chi connectivity index (χ3v) is 4.77. The lowest BCUT2D eigenvalue weighted by Crippen LogP contribution is -2.23. The number of imidazole rings is 1. The SMILES string of the molecule is O=[N+]([O-])c1cccc(-c2cn3c4c(sc3n2)CNCC4)c1. The van der Waals surface area contributed by atoms with Gasteiger partial charge in [0.1, 0.15) is 0 Å². The summed E-state index contributed by atoms with van der Waals surface area (Å²) < 4.78 is 2.12. The number of thiazole rings is 1. The summed E-state index contributed by atoms with van der Waals surface area (Å²) in [5.74, 6) is 0. The van der Waals surface area contributed by atoms with Gasteiger partial charge >= 0.3 is 0 Å². The van der Waals surface area contributed by atoms with Crippen molar-refractivity contribution in [3.8, 4) is 11.3 Å². The van der Waals surface area contributed by atoms with Crippen molar-refractivity contribution < 1.29 is 4.92 Å². The Morgan fingerprint density at radius 1 is 1.43 bits per heavy atom. The topological polar surface area (TPSA) is 72.5 Å². The van der Waals surface area contributed by atoms with Gasteiger partial charge in [-0.3, -0.25) is 14.5 Å². The molecule has 0 bridgehead atoms. The Bertz CT molecular complexity index is 852. The van der Waals surface area contributed by atoms with Crippen LogP contribution in [0.2, 0.25) is 0 Å². The molecular formula is C14H12N4O2S. The number of nitrogens with zero attached hydrogens (tertiary/aromatic N) is 3. The van der Waals surface area contributed by atoms with E-state index in [0.717, 1.165) is 35.7 Å². The third kappa shape index (κ3) is 2.01. The van der Waals surface area contributed by atoms with Crippen molar-refractivity contribution in [2.24, 2.45) is 0 Å². The lowest BCUT2D eigenvalue weighted by atomic mass is 10.1. The summed E-state index contributed by atoms with van der Waals surface area (Å²) in [6.07, 6.45) is 2.97. The average molecular weight is 300 g/mol. The summed E-state index contributed by atoms with van der Waals surface area (Å²) in [7, 11) is 0. The maximum Gasteiger partial charge on any atom is 0.270 e. The van der Waals surface area contributed by atoms with E-state index in [2.05, 4.69) is 14.7 Å². The van der Waals surface area contributed by atoms with E-state index >= 15 is 0 Å². The highest BCUT2D eigenvalue weighted by Gasteiger charge is 2.18. The molecule has 1 aliphatic rings. The monoisotopic (exact) mass is 300 g/mol. The minimum atomic E-state index is -0.380. The van der Waals surface area contributed by atoms with E-state index in [1.807, 2.05) is 12.3 Å². The highest BCUT2D eigenvalue weighted by molar-refractivity contribution is 7.17. The fourth-order valence-corrected chi connectivity index (χ4v) is 3.77. The molecule has 0 aliphatic carbocycles. The Hall–Kier alpha value is -2.25. The normalized spacial score (nSPS) is 14.3. The first-order valence-electron chi connectivity index (χ1n) is 6.67. The Kier molecular flexibility index (Phi) is 2.76. The van der Waals surface area contributed by atoms with Crippen molar-refractivity contribution in [2.75, 3.05) is 6.54 Å². The van der Waals surface area contributed by atoms with Crippen LogP contribution in [0, 0.1) is 10.1 Å². The number of nitrogens with one attached hydrogen (secondary N) is 1. The van der Waals surface area contributed by atoms with Crippen LogP contribution in [0.5, 0.6) is 0 Å². The van der Waals surface area contributed by atoms with Crippen LogP contribution in [0.25, 0.3) is 16.2 Å². The second-order valence-corrected chi connectivity index (χ2v) is 6.05.